The van der Waals surface area contributed by atoms with Crippen molar-refractivity contribution in [2.75, 3.05) is 24.5 Å². The number of rotatable bonds is 8. The first-order valence-electron chi connectivity index (χ1n) is 12.8. The molecular formula is C31H32N4O. The molecule has 0 spiro atoms. The zero-order valence-electron chi connectivity index (χ0n) is 20.5. The summed E-state index contributed by atoms with van der Waals surface area (Å²) >= 11 is 0. The zero-order valence-corrected chi connectivity index (χ0v) is 20.5. The Kier molecular flexibility index (Phi) is 7.67. The Morgan fingerprint density at radius 2 is 1.47 bits per heavy atom. The van der Waals surface area contributed by atoms with E-state index in [0.29, 0.717) is 13.1 Å². The summed E-state index contributed by atoms with van der Waals surface area (Å²) in [5.41, 5.74) is 4.47. The first-order chi connectivity index (χ1) is 17.8. The van der Waals surface area contributed by atoms with E-state index in [1.165, 1.54) is 11.1 Å². The van der Waals surface area contributed by atoms with Gasteiger partial charge in [0, 0.05) is 31.1 Å². The van der Waals surface area contributed by atoms with Crippen LogP contribution in [0.15, 0.2) is 103 Å². The molecule has 0 aliphatic carbocycles. The lowest BCUT2D eigenvalue weighted by Crippen LogP contribution is -2.43. The highest BCUT2D eigenvalue weighted by molar-refractivity contribution is 5.79. The Morgan fingerprint density at radius 3 is 2.08 bits per heavy atom. The second-order valence-electron chi connectivity index (χ2n) is 9.38. The summed E-state index contributed by atoms with van der Waals surface area (Å²) in [6, 6.07) is 35.2. The van der Waals surface area contributed by atoms with Gasteiger partial charge in [-0.15, -0.1) is 10.2 Å². The van der Waals surface area contributed by atoms with E-state index in [1.54, 1.807) is 0 Å². The summed E-state index contributed by atoms with van der Waals surface area (Å²) in [6.45, 7) is 2.22. The smallest absolute Gasteiger partial charge is 0.224 e. The first kappa shape index (κ1) is 23.7. The minimum absolute atomic E-state index is 0.0405. The number of anilines is 1. The summed E-state index contributed by atoms with van der Waals surface area (Å²) in [5, 5.41) is 12.1. The van der Waals surface area contributed by atoms with E-state index >= 15 is 0 Å². The van der Waals surface area contributed by atoms with Gasteiger partial charge in [-0.2, -0.15) is 0 Å². The number of hydrogen-bond acceptors (Lipinski definition) is 4. The van der Waals surface area contributed by atoms with E-state index in [-0.39, 0.29) is 17.7 Å². The van der Waals surface area contributed by atoms with Crippen molar-refractivity contribution in [1.82, 2.24) is 15.5 Å². The number of aromatic nitrogens is 2. The minimum Gasteiger partial charge on any atom is -0.356 e. The van der Waals surface area contributed by atoms with Crippen LogP contribution < -0.4 is 10.2 Å². The van der Waals surface area contributed by atoms with Gasteiger partial charge in [-0.3, -0.25) is 4.79 Å². The molecule has 0 bridgehead atoms. The molecule has 1 aliphatic rings. The normalized spacial score (nSPS) is 15.6. The van der Waals surface area contributed by atoms with Crippen molar-refractivity contribution in [1.29, 1.82) is 0 Å². The lowest BCUT2D eigenvalue weighted by molar-refractivity contribution is -0.125. The van der Waals surface area contributed by atoms with E-state index in [9.17, 15) is 4.79 Å². The Bertz CT molecular complexity index is 1190. The van der Waals surface area contributed by atoms with Crippen LogP contribution in [-0.4, -0.2) is 35.7 Å². The maximum absolute atomic E-state index is 13.1. The van der Waals surface area contributed by atoms with Crippen LogP contribution in [0.1, 0.15) is 36.3 Å². The SMILES string of the molecule is O=C(NCCC(c1ccccc1)c1ccccc1)C1CCCN(c2ccc(-c3ccccc3)nn2)C1. The third-order valence-electron chi connectivity index (χ3n) is 6.97. The van der Waals surface area contributed by atoms with Gasteiger partial charge in [-0.25, -0.2) is 0 Å². The van der Waals surface area contributed by atoms with Crippen molar-refractivity contribution in [3.63, 3.8) is 0 Å². The van der Waals surface area contributed by atoms with E-state index in [4.69, 9.17) is 0 Å². The van der Waals surface area contributed by atoms with Crippen LogP contribution >= 0.6 is 0 Å². The number of nitrogens with zero attached hydrogens (tertiary/aromatic N) is 3. The van der Waals surface area contributed by atoms with E-state index < -0.39 is 0 Å². The number of hydrogen-bond donors (Lipinski definition) is 1. The van der Waals surface area contributed by atoms with E-state index in [2.05, 4.69) is 68.9 Å². The summed E-state index contributed by atoms with van der Waals surface area (Å²) in [7, 11) is 0. The Hall–Kier alpha value is -3.99. The van der Waals surface area contributed by atoms with E-state index in [0.717, 1.165) is 42.9 Å². The van der Waals surface area contributed by atoms with Crippen molar-refractivity contribution in [3.05, 3.63) is 114 Å². The van der Waals surface area contributed by atoms with Crippen LogP contribution in [0, 0.1) is 5.92 Å². The Balaban J connectivity index is 1.18. The van der Waals surface area contributed by atoms with Gasteiger partial charge >= 0.3 is 0 Å². The van der Waals surface area contributed by atoms with Gasteiger partial charge in [-0.05, 0) is 42.5 Å². The molecule has 182 valence electrons. The van der Waals surface area contributed by atoms with Gasteiger partial charge in [0.15, 0.2) is 5.82 Å². The quantitative estimate of drug-likeness (QED) is 0.355. The molecule has 1 atom stereocenters. The van der Waals surface area contributed by atoms with Crippen molar-refractivity contribution < 1.29 is 4.79 Å². The second kappa shape index (κ2) is 11.6. The predicted molar refractivity (Wildman–Crippen MR) is 145 cm³/mol. The number of piperidine rings is 1. The second-order valence-corrected chi connectivity index (χ2v) is 9.38. The van der Waals surface area contributed by atoms with Crippen molar-refractivity contribution in [3.8, 4) is 11.3 Å². The van der Waals surface area contributed by atoms with Crippen molar-refractivity contribution >= 4 is 11.7 Å². The lowest BCUT2D eigenvalue weighted by Gasteiger charge is -2.32. The fraction of sp³-hybridized carbons (Fsp3) is 0.258. The van der Waals surface area contributed by atoms with Crippen LogP contribution in [0.25, 0.3) is 11.3 Å². The highest BCUT2D eigenvalue weighted by Crippen LogP contribution is 2.28. The molecule has 1 saturated heterocycles. The van der Waals surface area contributed by atoms with Gasteiger partial charge in [0.1, 0.15) is 0 Å². The molecule has 1 aliphatic heterocycles. The minimum atomic E-state index is -0.0405. The molecule has 5 rings (SSSR count). The molecule has 36 heavy (non-hydrogen) atoms. The lowest BCUT2D eigenvalue weighted by atomic mass is 9.88. The highest BCUT2D eigenvalue weighted by Gasteiger charge is 2.27. The summed E-state index contributed by atoms with van der Waals surface area (Å²) in [6.07, 6.45) is 2.73. The zero-order chi connectivity index (χ0) is 24.6. The number of benzene rings is 3. The maximum atomic E-state index is 13.1. The molecule has 1 unspecified atom stereocenters. The third-order valence-corrected chi connectivity index (χ3v) is 6.97. The molecule has 1 amide bonds. The molecule has 3 aromatic carbocycles. The Labute approximate surface area is 213 Å². The van der Waals surface area contributed by atoms with Crippen LogP contribution in [0.5, 0.6) is 0 Å². The largest absolute Gasteiger partial charge is 0.356 e. The highest BCUT2D eigenvalue weighted by atomic mass is 16.1. The average Bonchev–Trinajstić information content (AvgIpc) is 2.97. The summed E-state index contributed by atoms with van der Waals surface area (Å²) in [5.74, 6) is 1.18. The summed E-state index contributed by atoms with van der Waals surface area (Å²) in [4.78, 5) is 15.3. The molecule has 1 aromatic heterocycles. The number of carbonyl (C=O) groups excluding carboxylic acids is 1. The molecule has 5 heteroatoms. The van der Waals surface area contributed by atoms with Crippen LogP contribution in [0.4, 0.5) is 5.82 Å². The molecule has 2 heterocycles. The van der Waals surface area contributed by atoms with Crippen LogP contribution in [0.2, 0.25) is 0 Å². The van der Waals surface area contributed by atoms with Gasteiger partial charge in [0.05, 0.1) is 11.6 Å². The molecule has 0 saturated carbocycles. The predicted octanol–water partition coefficient (Wildman–Crippen LogP) is 5.70. The topological polar surface area (TPSA) is 58.1 Å². The standard InChI is InChI=1S/C31H32N4O/c36-31(32-21-20-28(24-11-4-1-5-12-24)25-13-6-2-7-14-25)27-17-10-22-35(23-27)30-19-18-29(33-34-30)26-15-8-3-9-16-26/h1-9,11-16,18-19,27-28H,10,17,20-23H2,(H,32,36). The first-order valence-corrected chi connectivity index (χ1v) is 12.8. The third kappa shape index (κ3) is 5.80. The van der Waals surface area contributed by atoms with Crippen molar-refractivity contribution in [2.24, 2.45) is 5.92 Å². The fourth-order valence-electron chi connectivity index (χ4n) is 5.04. The number of amides is 1. The molecular weight excluding hydrogens is 444 g/mol. The number of nitrogens with one attached hydrogen (secondary N) is 1. The van der Waals surface area contributed by atoms with Crippen LogP contribution in [0.3, 0.4) is 0 Å². The summed E-state index contributed by atoms with van der Waals surface area (Å²) < 4.78 is 0. The Morgan fingerprint density at radius 1 is 0.833 bits per heavy atom. The maximum Gasteiger partial charge on any atom is 0.224 e. The van der Waals surface area contributed by atoms with E-state index in [1.807, 2.05) is 54.6 Å². The van der Waals surface area contributed by atoms with Gasteiger partial charge in [0.2, 0.25) is 5.91 Å². The van der Waals surface area contributed by atoms with Crippen molar-refractivity contribution in [2.45, 2.75) is 25.2 Å². The molecule has 1 fully saturated rings. The molecule has 0 radical (unpaired) electrons. The van der Waals surface area contributed by atoms with Gasteiger partial charge < -0.3 is 10.2 Å². The fourth-order valence-corrected chi connectivity index (χ4v) is 5.04. The molecule has 1 N–H and O–H groups in total. The molecule has 5 nitrogen and oxygen atoms in total. The molecule has 4 aromatic rings. The van der Waals surface area contributed by atoms with Gasteiger partial charge in [-0.1, -0.05) is 91.0 Å². The average molecular weight is 477 g/mol. The van der Waals surface area contributed by atoms with Gasteiger partial charge in [0.25, 0.3) is 0 Å². The monoisotopic (exact) mass is 476 g/mol. The van der Waals surface area contributed by atoms with Crippen LogP contribution in [-0.2, 0) is 4.79 Å². The number of carbonyl (C=O) groups is 1.